The minimum Gasteiger partial charge on any atom is -0.549 e. The predicted molar refractivity (Wildman–Crippen MR) is 42.7 cm³/mol. The maximum atomic E-state index is 10.5. The molecule has 0 saturated carbocycles. The monoisotopic (exact) mass is 242 g/mol. The third-order valence-corrected chi connectivity index (χ3v) is 3.57. The molecule has 0 amide bonds. The van der Waals surface area contributed by atoms with Gasteiger partial charge in [-0.1, -0.05) is 0 Å². The first-order valence-electron chi connectivity index (χ1n) is 3.12. The molecule has 0 heterocycles. The van der Waals surface area contributed by atoms with Gasteiger partial charge in [0.1, 0.15) is 5.25 Å². The van der Waals surface area contributed by atoms with E-state index in [0.717, 1.165) is 0 Å². The van der Waals surface area contributed by atoms with Gasteiger partial charge in [0.2, 0.25) is 0 Å². The van der Waals surface area contributed by atoms with Gasteiger partial charge in [-0.25, -0.2) is 0 Å². The number of carbonyl (C=O) groups is 2. The molecule has 0 radical (unpaired) electrons. The van der Waals surface area contributed by atoms with E-state index in [-0.39, 0.29) is 0 Å². The number of carboxylic acids is 2. The zero-order valence-corrected chi connectivity index (χ0v) is 8.50. The van der Waals surface area contributed by atoms with E-state index in [1.54, 1.807) is 0 Å². The van der Waals surface area contributed by atoms with E-state index in [0.29, 0.717) is 11.8 Å². The molecule has 2 unspecified atom stereocenters. The van der Waals surface area contributed by atoms with Crippen molar-refractivity contribution in [2.24, 2.45) is 0 Å². The third-order valence-electron chi connectivity index (χ3n) is 1.31. The molecule has 0 rings (SSSR count). The first kappa shape index (κ1) is 13.2. The molecule has 0 aromatic rings. The summed E-state index contributed by atoms with van der Waals surface area (Å²) in [5.74, 6) is -4.08. The maximum Gasteiger partial charge on any atom is 0.274 e. The van der Waals surface area contributed by atoms with Crippen LogP contribution in [0.4, 0.5) is 0 Å². The minimum absolute atomic E-state index is 0.419. The van der Waals surface area contributed by atoms with Crippen molar-refractivity contribution >= 4 is 33.8 Å². The predicted octanol–water partition coefficient (Wildman–Crippen LogP) is -3.53. The quantitative estimate of drug-likeness (QED) is 0.490. The van der Waals surface area contributed by atoms with E-state index >= 15 is 0 Å². The second-order valence-electron chi connectivity index (χ2n) is 2.23. The molecule has 0 aromatic heterocycles. The van der Waals surface area contributed by atoms with Crippen LogP contribution in [0.25, 0.3) is 0 Å². The van der Waals surface area contributed by atoms with Crippen LogP contribution in [-0.4, -0.2) is 41.7 Å². The smallest absolute Gasteiger partial charge is 0.274 e. The number of thioether (sulfide) groups is 1. The van der Waals surface area contributed by atoms with E-state index < -0.39 is 32.6 Å². The molecule has 0 spiro atoms. The van der Waals surface area contributed by atoms with Crippen molar-refractivity contribution in [3.63, 3.8) is 0 Å². The summed E-state index contributed by atoms with van der Waals surface area (Å²) in [5, 5.41) is 16.2. The number of carbonyl (C=O) groups excluding carboxylic acids is 2. The third kappa shape index (κ3) is 3.16. The number of hydrogen-bond acceptors (Lipinski definition) is 7. The SMILES string of the molecule is CSC(C(=O)[O-])C(C(=O)[O-])S(=O)(=O)O. The van der Waals surface area contributed by atoms with E-state index in [1.165, 1.54) is 6.26 Å². The summed E-state index contributed by atoms with van der Waals surface area (Å²) in [4.78, 5) is 20.6. The first-order valence-corrected chi connectivity index (χ1v) is 5.91. The van der Waals surface area contributed by atoms with Crippen LogP contribution in [-0.2, 0) is 19.7 Å². The molecule has 82 valence electrons. The van der Waals surface area contributed by atoms with Gasteiger partial charge in [0, 0.05) is 0 Å². The zero-order chi connectivity index (χ0) is 11.5. The van der Waals surface area contributed by atoms with Crippen molar-refractivity contribution in [3.8, 4) is 0 Å². The van der Waals surface area contributed by atoms with Crippen molar-refractivity contribution in [2.45, 2.75) is 10.5 Å². The molecular weight excluding hydrogens is 236 g/mol. The van der Waals surface area contributed by atoms with Crippen LogP contribution in [0.5, 0.6) is 0 Å². The second-order valence-corrected chi connectivity index (χ2v) is 4.75. The molecule has 14 heavy (non-hydrogen) atoms. The Morgan fingerprint density at radius 3 is 1.79 bits per heavy atom. The van der Waals surface area contributed by atoms with Crippen molar-refractivity contribution in [2.75, 3.05) is 6.26 Å². The number of carboxylic acid groups (broad SMARTS) is 2. The van der Waals surface area contributed by atoms with Crippen molar-refractivity contribution < 1.29 is 32.8 Å². The van der Waals surface area contributed by atoms with Crippen LogP contribution in [0.15, 0.2) is 0 Å². The van der Waals surface area contributed by atoms with Crippen LogP contribution in [0, 0.1) is 0 Å². The molecule has 0 aliphatic heterocycles. The van der Waals surface area contributed by atoms with Crippen LogP contribution < -0.4 is 10.2 Å². The van der Waals surface area contributed by atoms with Gasteiger partial charge >= 0.3 is 0 Å². The Hall–Kier alpha value is -0.800. The van der Waals surface area contributed by atoms with Gasteiger partial charge in [0.05, 0.1) is 17.2 Å². The highest BCUT2D eigenvalue weighted by Crippen LogP contribution is 2.16. The summed E-state index contributed by atoms with van der Waals surface area (Å²) in [6.07, 6.45) is 1.17. The van der Waals surface area contributed by atoms with Crippen molar-refractivity contribution in [1.29, 1.82) is 0 Å². The molecule has 9 heteroatoms. The Morgan fingerprint density at radius 2 is 1.71 bits per heavy atom. The first-order chi connectivity index (χ1) is 6.21. The Kier molecular flexibility index (Phi) is 4.36. The van der Waals surface area contributed by atoms with Crippen LogP contribution >= 0.6 is 11.8 Å². The molecule has 1 N–H and O–H groups in total. The number of rotatable bonds is 5. The molecular formula is C5H6O7S2-2. The van der Waals surface area contributed by atoms with E-state index in [2.05, 4.69) is 0 Å². The maximum absolute atomic E-state index is 10.5. The van der Waals surface area contributed by atoms with Gasteiger partial charge in [-0.3, -0.25) is 4.55 Å². The summed E-state index contributed by atoms with van der Waals surface area (Å²) in [7, 11) is -5.02. The van der Waals surface area contributed by atoms with E-state index in [1.807, 2.05) is 0 Å². The summed E-state index contributed by atoms with van der Waals surface area (Å²) < 4.78 is 29.5. The highest BCUT2D eigenvalue weighted by Gasteiger charge is 2.34. The van der Waals surface area contributed by atoms with Gasteiger partial charge in [0.15, 0.2) is 0 Å². The molecule has 0 saturated heterocycles. The van der Waals surface area contributed by atoms with E-state index in [9.17, 15) is 28.2 Å². The lowest BCUT2D eigenvalue weighted by molar-refractivity contribution is -0.313. The molecule has 0 bridgehead atoms. The zero-order valence-electron chi connectivity index (χ0n) is 6.87. The van der Waals surface area contributed by atoms with Crippen LogP contribution in [0.2, 0.25) is 0 Å². The summed E-state index contributed by atoms with van der Waals surface area (Å²) in [6.45, 7) is 0. The van der Waals surface area contributed by atoms with Gasteiger partial charge in [-0.2, -0.15) is 20.2 Å². The fraction of sp³-hybridized carbons (Fsp3) is 0.600. The molecule has 0 fully saturated rings. The lowest BCUT2D eigenvalue weighted by Crippen LogP contribution is -2.53. The topological polar surface area (TPSA) is 135 Å². The second kappa shape index (κ2) is 4.62. The Labute approximate surface area is 83.9 Å². The normalized spacial score (nSPS) is 15.9. The van der Waals surface area contributed by atoms with Gasteiger partial charge in [-0.05, 0) is 6.26 Å². The molecule has 0 aliphatic carbocycles. The largest absolute Gasteiger partial charge is 0.549 e. The van der Waals surface area contributed by atoms with Gasteiger partial charge in [0.25, 0.3) is 10.1 Å². The number of aliphatic carboxylic acids is 2. The fourth-order valence-corrected chi connectivity index (χ4v) is 2.72. The van der Waals surface area contributed by atoms with Crippen molar-refractivity contribution in [1.82, 2.24) is 0 Å². The Balaban J connectivity index is 5.21. The minimum atomic E-state index is -5.02. The Bertz CT molecular complexity index is 332. The van der Waals surface area contributed by atoms with Crippen molar-refractivity contribution in [3.05, 3.63) is 0 Å². The molecule has 0 aromatic carbocycles. The Morgan fingerprint density at radius 1 is 1.29 bits per heavy atom. The van der Waals surface area contributed by atoms with E-state index in [4.69, 9.17) is 4.55 Å². The highest BCUT2D eigenvalue weighted by molar-refractivity contribution is 8.01. The molecule has 2 atom stereocenters. The lowest BCUT2D eigenvalue weighted by Gasteiger charge is -2.24. The fourth-order valence-electron chi connectivity index (χ4n) is 0.745. The molecule has 0 aliphatic rings. The lowest BCUT2D eigenvalue weighted by atomic mass is 10.3. The van der Waals surface area contributed by atoms with Gasteiger partial charge < -0.3 is 19.8 Å². The average molecular weight is 242 g/mol. The average Bonchev–Trinajstić information content (AvgIpc) is 1.95. The van der Waals surface area contributed by atoms with Crippen LogP contribution in [0.3, 0.4) is 0 Å². The van der Waals surface area contributed by atoms with Gasteiger partial charge in [-0.15, -0.1) is 0 Å². The summed E-state index contributed by atoms with van der Waals surface area (Å²) in [6, 6.07) is 0. The highest BCUT2D eigenvalue weighted by atomic mass is 32.2. The molecule has 7 nitrogen and oxygen atoms in total. The van der Waals surface area contributed by atoms with Crippen LogP contribution in [0.1, 0.15) is 0 Å². The standard InChI is InChI=1S/C5H8O7S2/c1-13-2(4(6)7)3(5(8)9)14(10,11)12/h2-3H,1H3,(H,6,7)(H,8,9)(H,10,11,12)/p-2. The number of hydrogen-bond donors (Lipinski definition) is 1. The summed E-state index contributed by atoms with van der Waals surface area (Å²) >= 11 is 0.419. The summed E-state index contributed by atoms with van der Waals surface area (Å²) in [5.41, 5.74) is 0.